The number of aryl methyl sites for hydroxylation is 1. The van der Waals surface area contributed by atoms with Crippen molar-refractivity contribution < 1.29 is 0 Å². The highest BCUT2D eigenvalue weighted by atomic mass is 32.2. The molecule has 0 N–H and O–H groups in total. The van der Waals surface area contributed by atoms with E-state index >= 15 is 0 Å². The second-order valence-corrected chi connectivity index (χ2v) is 16.1. The maximum atomic E-state index is 2.49. The average molecular weight is 681 g/mol. The van der Waals surface area contributed by atoms with Crippen molar-refractivity contribution in [1.82, 2.24) is 0 Å². The molecule has 2 aliphatic heterocycles. The van der Waals surface area contributed by atoms with Crippen LogP contribution >= 0.6 is 23.5 Å². The van der Waals surface area contributed by atoms with Crippen LogP contribution in [0.1, 0.15) is 66.8 Å². The van der Waals surface area contributed by atoms with Gasteiger partial charge in [-0.2, -0.15) is 0 Å². The quantitative estimate of drug-likeness (QED) is 0.178. The van der Waals surface area contributed by atoms with E-state index in [1.807, 2.05) is 23.5 Å². The van der Waals surface area contributed by atoms with Crippen molar-refractivity contribution in [2.75, 3.05) is 0 Å². The van der Waals surface area contributed by atoms with E-state index in [1.165, 1.54) is 80.8 Å². The van der Waals surface area contributed by atoms with Gasteiger partial charge in [0.25, 0.3) is 0 Å². The predicted molar refractivity (Wildman–Crippen MR) is 214 cm³/mol. The summed E-state index contributed by atoms with van der Waals surface area (Å²) in [6.45, 7) is 6.89. The molecule has 2 unspecified atom stereocenters. The van der Waals surface area contributed by atoms with Gasteiger partial charge in [0, 0.05) is 19.6 Å². The largest absolute Gasteiger partial charge is 0.0897 e. The Kier molecular flexibility index (Phi) is 7.98. The van der Waals surface area contributed by atoms with E-state index in [0.717, 1.165) is 19.3 Å². The van der Waals surface area contributed by atoms with Gasteiger partial charge in [-0.05, 0) is 123 Å². The zero-order valence-electron chi connectivity index (χ0n) is 28.9. The van der Waals surface area contributed by atoms with Crippen LogP contribution in [0.25, 0.3) is 33.4 Å². The minimum absolute atomic E-state index is 0.379. The topological polar surface area (TPSA) is 0 Å². The lowest BCUT2D eigenvalue weighted by Gasteiger charge is -2.48. The Morgan fingerprint density at radius 3 is 2.20 bits per heavy atom. The molecule has 1 spiro atoms. The van der Waals surface area contributed by atoms with Gasteiger partial charge in [-0.1, -0.05) is 159 Å². The summed E-state index contributed by atoms with van der Waals surface area (Å²) in [5.74, 6) is 0.490. The molecular formula is C48H40S2. The lowest BCUT2D eigenvalue weighted by atomic mass is 9.61. The zero-order valence-corrected chi connectivity index (χ0v) is 30.5. The minimum Gasteiger partial charge on any atom is -0.0897 e. The molecule has 2 atom stereocenters. The van der Waals surface area contributed by atoms with Gasteiger partial charge in [-0.25, -0.2) is 0 Å². The Labute approximate surface area is 305 Å². The zero-order chi connectivity index (χ0) is 33.8. The number of hydrogen-bond donors (Lipinski definition) is 0. The van der Waals surface area contributed by atoms with Crippen LogP contribution in [-0.4, -0.2) is 0 Å². The van der Waals surface area contributed by atoms with Gasteiger partial charge < -0.3 is 0 Å². The van der Waals surface area contributed by atoms with E-state index in [2.05, 4.69) is 166 Å². The minimum atomic E-state index is -0.379. The van der Waals surface area contributed by atoms with Crippen LogP contribution in [0.2, 0.25) is 0 Å². The number of thioether (sulfide) groups is 1. The highest BCUT2D eigenvalue weighted by Crippen LogP contribution is 2.64. The third-order valence-corrected chi connectivity index (χ3v) is 13.4. The fraction of sp³-hybridized carbons (Fsp3) is 0.167. The summed E-state index contributed by atoms with van der Waals surface area (Å²) in [5, 5.41) is 0. The van der Waals surface area contributed by atoms with Gasteiger partial charge in [0.2, 0.25) is 0 Å². The monoisotopic (exact) mass is 680 g/mol. The molecule has 0 aromatic heterocycles. The normalized spacial score (nSPS) is 17.9. The molecule has 0 bridgehead atoms. The molecule has 0 radical (unpaired) electrons. The maximum absolute atomic E-state index is 2.49. The van der Waals surface area contributed by atoms with Crippen LogP contribution in [0.3, 0.4) is 0 Å². The summed E-state index contributed by atoms with van der Waals surface area (Å²) < 4.78 is 0. The van der Waals surface area contributed by atoms with E-state index in [-0.39, 0.29) is 5.41 Å². The van der Waals surface area contributed by atoms with Gasteiger partial charge in [0.1, 0.15) is 0 Å². The van der Waals surface area contributed by atoms with Gasteiger partial charge >= 0.3 is 0 Å². The molecule has 0 saturated carbocycles. The summed E-state index contributed by atoms with van der Waals surface area (Å²) in [5.41, 5.74) is 16.0. The highest BCUT2D eigenvalue weighted by Gasteiger charge is 2.51. The van der Waals surface area contributed by atoms with Crippen LogP contribution in [0.4, 0.5) is 0 Å². The Balaban J connectivity index is 1.31. The molecule has 1 aliphatic carbocycles. The first-order valence-corrected chi connectivity index (χ1v) is 19.6. The molecule has 0 amide bonds. The Bertz CT molecular complexity index is 2340. The van der Waals surface area contributed by atoms with Crippen LogP contribution in [0, 0.1) is 6.92 Å². The first-order valence-electron chi connectivity index (χ1n) is 18.0. The second kappa shape index (κ2) is 12.7. The first-order chi connectivity index (χ1) is 24.6. The fourth-order valence-electron chi connectivity index (χ4n) is 8.55. The van der Waals surface area contributed by atoms with Crippen molar-refractivity contribution >= 4 is 23.5 Å². The van der Waals surface area contributed by atoms with Gasteiger partial charge in [-0.3, -0.25) is 0 Å². The maximum Gasteiger partial charge on any atom is 0.0714 e. The van der Waals surface area contributed by atoms with Gasteiger partial charge in [-0.15, -0.1) is 0 Å². The Morgan fingerprint density at radius 1 is 0.620 bits per heavy atom. The summed E-state index contributed by atoms with van der Waals surface area (Å²) >= 11 is 3.90. The molecule has 0 saturated heterocycles. The van der Waals surface area contributed by atoms with Crippen molar-refractivity contribution in [3.63, 3.8) is 0 Å². The Hall–Kier alpha value is -4.50. The molecule has 9 rings (SSSR count). The summed E-state index contributed by atoms with van der Waals surface area (Å²) in [7, 11) is 0. The number of fused-ring (bicyclic) bond motifs is 7. The number of rotatable bonds is 5. The van der Waals surface area contributed by atoms with E-state index in [4.69, 9.17) is 0 Å². The molecule has 0 fully saturated rings. The molecular weight excluding hydrogens is 641 g/mol. The fourth-order valence-corrected chi connectivity index (χ4v) is 11.1. The molecule has 50 heavy (non-hydrogen) atoms. The van der Waals surface area contributed by atoms with Gasteiger partial charge in [0.05, 0.1) is 5.41 Å². The van der Waals surface area contributed by atoms with Crippen molar-refractivity contribution in [2.45, 2.75) is 66.1 Å². The summed E-state index contributed by atoms with van der Waals surface area (Å²) in [4.78, 5) is 5.48. The SMILES string of the molecule is CCC(C)c1ccc(-c2ccc3c(c2)Sc2ccccc2C32C3=C(C=CCC3)Sc3cccc(-c4ccccc4)c32)cc1-c1ccccc1C. The smallest absolute Gasteiger partial charge is 0.0714 e. The van der Waals surface area contributed by atoms with E-state index in [0.29, 0.717) is 5.92 Å². The van der Waals surface area contributed by atoms with Gasteiger partial charge in [0.15, 0.2) is 0 Å². The number of hydrogen-bond acceptors (Lipinski definition) is 2. The van der Waals surface area contributed by atoms with Crippen LogP contribution < -0.4 is 0 Å². The van der Waals surface area contributed by atoms with Crippen molar-refractivity contribution in [2.24, 2.45) is 0 Å². The summed E-state index contributed by atoms with van der Waals surface area (Å²) in [6, 6.07) is 50.6. The lowest BCUT2D eigenvalue weighted by molar-refractivity contribution is 0.631. The van der Waals surface area contributed by atoms with Crippen LogP contribution in [0.5, 0.6) is 0 Å². The highest BCUT2D eigenvalue weighted by molar-refractivity contribution is 8.03. The molecule has 6 aromatic carbocycles. The van der Waals surface area contributed by atoms with E-state index < -0.39 is 0 Å². The molecule has 244 valence electrons. The molecule has 0 nitrogen and oxygen atoms in total. The van der Waals surface area contributed by atoms with E-state index in [1.54, 1.807) is 5.57 Å². The third kappa shape index (κ3) is 4.91. The lowest BCUT2D eigenvalue weighted by Crippen LogP contribution is -2.38. The van der Waals surface area contributed by atoms with Crippen molar-refractivity contribution in [1.29, 1.82) is 0 Å². The van der Waals surface area contributed by atoms with E-state index in [9.17, 15) is 0 Å². The molecule has 2 heteroatoms. The van der Waals surface area contributed by atoms with Crippen molar-refractivity contribution in [3.05, 3.63) is 184 Å². The summed E-state index contributed by atoms with van der Waals surface area (Å²) in [6.07, 6.45) is 8.00. The molecule has 3 aliphatic rings. The molecule has 2 heterocycles. The third-order valence-electron chi connectivity index (χ3n) is 11.1. The number of allylic oxidation sites excluding steroid dienone is 3. The molecule has 6 aromatic rings. The number of benzene rings is 6. The second-order valence-electron chi connectivity index (χ2n) is 13.9. The average Bonchev–Trinajstić information content (AvgIpc) is 3.17. The van der Waals surface area contributed by atoms with Crippen LogP contribution in [0.15, 0.2) is 171 Å². The van der Waals surface area contributed by atoms with Crippen molar-refractivity contribution in [3.8, 4) is 33.4 Å². The first kappa shape index (κ1) is 31.5. The predicted octanol–water partition coefficient (Wildman–Crippen LogP) is 14.0. The standard InChI is InChI=1S/C48H40S2/c1-4-31(2)37-27-25-34(29-39(37)36-18-9-8-15-32(36)3)35-26-28-42-46(30-35)50-44-23-13-11-21-41(44)48(42)40-20-10-12-22-43(40)49-45-24-14-19-38(47(45)48)33-16-6-5-7-17-33/h5-9,11-19,21-31H,4,10,20H2,1-3H3. The Morgan fingerprint density at radius 2 is 1.34 bits per heavy atom. The van der Waals surface area contributed by atoms with Crippen LogP contribution in [-0.2, 0) is 5.41 Å².